The first-order valence-corrected chi connectivity index (χ1v) is 7.48. The number of halogens is 1. The molecule has 2 atom stereocenters. The summed E-state index contributed by atoms with van der Waals surface area (Å²) in [6.45, 7) is 12.4. The molecule has 1 aromatic rings. The molecule has 0 spiro atoms. The highest BCUT2D eigenvalue weighted by atomic mass is 35.5. The molecule has 1 fully saturated rings. The molecule has 2 nitrogen and oxygen atoms in total. The average Bonchev–Trinajstić information content (AvgIpc) is 2.37. The zero-order valence-electron chi connectivity index (χ0n) is 12.4. The Morgan fingerprint density at radius 2 is 2.11 bits per heavy atom. The van der Waals surface area contributed by atoms with Crippen LogP contribution in [0.1, 0.15) is 39.3 Å². The lowest BCUT2D eigenvalue weighted by Gasteiger charge is -2.43. The van der Waals surface area contributed by atoms with Crippen molar-refractivity contribution in [3.63, 3.8) is 0 Å². The van der Waals surface area contributed by atoms with E-state index in [0.29, 0.717) is 17.5 Å². The SMILES string of the molecule is CC(c1cccc(Cl)c1)N1CCNC(C(C)(C)C)C1. The van der Waals surface area contributed by atoms with Crippen molar-refractivity contribution >= 4 is 11.6 Å². The first kappa shape index (κ1) is 14.8. The van der Waals surface area contributed by atoms with Gasteiger partial charge in [0.25, 0.3) is 0 Å². The normalized spacial score (nSPS) is 23.3. The molecule has 2 unspecified atom stereocenters. The summed E-state index contributed by atoms with van der Waals surface area (Å²) in [6, 6.07) is 9.20. The zero-order chi connectivity index (χ0) is 14.0. The van der Waals surface area contributed by atoms with E-state index in [9.17, 15) is 0 Å². The third kappa shape index (κ3) is 3.71. The van der Waals surface area contributed by atoms with Gasteiger partial charge in [-0.2, -0.15) is 0 Å². The lowest BCUT2D eigenvalue weighted by molar-refractivity contribution is 0.104. The van der Waals surface area contributed by atoms with E-state index in [-0.39, 0.29) is 0 Å². The maximum absolute atomic E-state index is 6.10. The van der Waals surface area contributed by atoms with E-state index in [2.05, 4.69) is 50.0 Å². The molecule has 19 heavy (non-hydrogen) atoms. The molecule has 1 saturated heterocycles. The number of nitrogens with zero attached hydrogens (tertiary/aromatic N) is 1. The second-order valence-electron chi connectivity index (χ2n) is 6.60. The van der Waals surface area contributed by atoms with Crippen molar-refractivity contribution < 1.29 is 0 Å². The molecular formula is C16H25ClN2. The van der Waals surface area contributed by atoms with Gasteiger partial charge in [0.2, 0.25) is 0 Å². The molecule has 0 amide bonds. The van der Waals surface area contributed by atoms with Crippen LogP contribution in [0.3, 0.4) is 0 Å². The smallest absolute Gasteiger partial charge is 0.0409 e. The summed E-state index contributed by atoms with van der Waals surface area (Å²) >= 11 is 6.10. The van der Waals surface area contributed by atoms with Gasteiger partial charge in [0.05, 0.1) is 0 Å². The van der Waals surface area contributed by atoms with Crippen LogP contribution < -0.4 is 5.32 Å². The number of hydrogen-bond donors (Lipinski definition) is 1. The Labute approximate surface area is 122 Å². The molecular weight excluding hydrogens is 256 g/mol. The Morgan fingerprint density at radius 3 is 2.74 bits per heavy atom. The van der Waals surface area contributed by atoms with Crippen LogP contribution >= 0.6 is 11.6 Å². The summed E-state index contributed by atoms with van der Waals surface area (Å²) in [7, 11) is 0. The number of hydrogen-bond acceptors (Lipinski definition) is 2. The number of rotatable bonds is 2. The summed E-state index contributed by atoms with van der Waals surface area (Å²) in [4.78, 5) is 2.55. The summed E-state index contributed by atoms with van der Waals surface area (Å²) in [5.74, 6) is 0. The van der Waals surface area contributed by atoms with Crippen LogP contribution in [0.5, 0.6) is 0 Å². The van der Waals surface area contributed by atoms with Gasteiger partial charge in [0, 0.05) is 36.7 Å². The van der Waals surface area contributed by atoms with Gasteiger partial charge in [0.15, 0.2) is 0 Å². The molecule has 0 aliphatic carbocycles. The second-order valence-corrected chi connectivity index (χ2v) is 7.04. The van der Waals surface area contributed by atoms with Crippen LogP contribution in [-0.2, 0) is 0 Å². The minimum Gasteiger partial charge on any atom is -0.311 e. The van der Waals surface area contributed by atoms with Crippen LogP contribution in [-0.4, -0.2) is 30.6 Å². The fourth-order valence-corrected chi connectivity index (χ4v) is 2.88. The molecule has 1 aliphatic heterocycles. The third-order valence-corrected chi connectivity index (χ3v) is 4.37. The Kier molecular flexibility index (Phi) is 4.54. The molecule has 106 valence electrons. The van der Waals surface area contributed by atoms with Crippen molar-refractivity contribution in [2.45, 2.75) is 39.8 Å². The van der Waals surface area contributed by atoms with E-state index in [1.54, 1.807) is 0 Å². The standard InChI is InChI=1S/C16H25ClN2/c1-12(13-6-5-7-14(17)10-13)19-9-8-18-15(11-19)16(2,3)4/h5-7,10,12,15,18H,8-9,11H2,1-4H3. The second kappa shape index (κ2) is 5.82. The van der Waals surface area contributed by atoms with Gasteiger partial charge in [-0.05, 0) is 30.0 Å². The van der Waals surface area contributed by atoms with Gasteiger partial charge in [0.1, 0.15) is 0 Å². The molecule has 1 N–H and O–H groups in total. The van der Waals surface area contributed by atoms with Crippen LogP contribution in [0.2, 0.25) is 5.02 Å². The van der Waals surface area contributed by atoms with Crippen molar-refractivity contribution in [2.24, 2.45) is 5.41 Å². The van der Waals surface area contributed by atoms with E-state index in [4.69, 9.17) is 11.6 Å². The summed E-state index contributed by atoms with van der Waals surface area (Å²) in [6.07, 6.45) is 0. The molecule has 2 rings (SSSR count). The molecule has 1 aliphatic rings. The van der Waals surface area contributed by atoms with Crippen molar-refractivity contribution in [1.29, 1.82) is 0 Å². The molecule has 1 heterocycles. The number of piperazine rings is 1. The van der Waals surface area contributed by atoms with E-state index < -0.39 is 0 Å². The summed E-state index contributed by atoms with van der Waals surface area (Å²) < 4.78 is 0. The first-order chi connectivity index (χ1) is 8.88. The highest BCUT2D eigenvalue weighted by Gasteiger charge is 2.31. The highest BCUT2D eigenvalue weighted by Crippen LogP contribution is 2.28. The van der Waals surface area contributed by atoms with Crippen LogP contribution in [0.15, 0.2) is 24.3 Å². The predicted molar refractivity (Wildman–Crippen MR) is 82.7 cm³/mol. The van der Waals surface area contributed by atoms with Crippen LogP contribution in [0.25, 0.3) is 0 Å². The maximum Gasteiger partial charge on any atom is 0.0409 e. The van der Waals surface area contributed by atoms with Gasteiger partial charge in [-0.15, -0.1) is 0 Å². The van der Waals surface area contributed by atoms with Crippen LogP contribution in [0, 0.1) is 5.41 Å². The van der Waals surface area contributed by atoms with Crippen molar-refractivity contribution in [1.82, 2.24) is 10.2 Å². The van der Waals surface area contributed by atoms with E-state index in [1.165, 1.54) is 5.56 Å². The largest absolute Gasteiger partial charge is 0.311 e. The first-order valence-electron chi connectivity index (χ1n) is 7.11. The monoisotopic (exact) mass is 280 g/mol. The van der Waals surface area contributed by atoms with Crippen molar-refractivity contribution in [2.75, 3.05) is 19.6 Å². The molecule has 0 saturated carbocycles. The van der Waals surface area contributed by atoms with Gasteiger partial charge < -0.3 is 5.32 Å². The van der Waals surface area contributed by atoms with E-state index in [0.717, 1.165) is 24.7 Å². The minimum atomic E-state index is 0.298. The molecule has 3 heteroatoms. The van der Waals surface area contributed by atoms with Gasteiger partial charge in [-0.25, -0.2) is 0 Å². The Balaban J connectivity index is 2.09. The van der Waals surface area contributed by atoms with Gasteiger partial charge >= 0.3 is 0 Å². The Morgan fingerprint density at radius 1 is 1.37 bits per heavy atom. The molecule has 0 bridgehead atoms. The fraction of sp³-hybridized carbons (Fsp3) is 0.625. The summed E-state index contributed by atoms with van der Waals surface area (Å²) in [5.41, 5.74) is 1.61. The lowest BCUT2D eigenvalue weighted by Crippen LogP contribution is -2.56. The Bertz CT molecular complexity index is 425. The lowest BCUT2D eigenvalue weighted by atomic mass is 9.85. The molecule has 0 radical (unpaired) electrons. The van der Waals surface area contributed by atoms with E-state index in [1.807, 2.05) is 12.1 Å². The predicted octanol–water partition coefficient (Wildman–Crippen LogP) is 3.72. The average molecular weight is 281 g/mol. The van der Waals surface area contributed by atoms with Crippen LogP contribution in [0.4, 0.5) is 0 Å². The zero-order valence-corrected chi connectivity index (χ0v) is 13.2. The number of nitrogens with one attached hydrogen (secondary N) is 1. The maximum atomic E-state index is 6.10. The topological polar surface area (TPSA) is 15.3 Å². The Hall–Kier alpha value is -0.570. The summed E-state index contributed by atoms with van der Waals surface area (Å²) in [5, 5.41) is 4.46. The third-order valence-electron chi connectivity index (χ3n) is 4.13. The fourth-order valence-electron chi connectivity index (χ4n) is 2.68. The minimum absolute atomic E-state index is 0.298. The van der Waals surface area contributed by atoms with E-state index >= 15 is 0 Å². The molecule has 1 aromatic carbocycles. The molecule has 0 aromatic heterocycles. The van der Waals surface area contributed by atoms with Gasteiger partial charge in [-0.3, -0.25) is 4.90 Å². The van der Waals surface area contributed by atoms with Crippen molar-refractivity contribution in [3.05, 3.63) is 34.9 Å². The van der Waals surface area contributed by atoms with Gasteiger partial charge in [-0.1, -0.05) is 44.5 Å². The number of benzene rings is 1. The van der Waals surface area contributed by atoms with Crippen molar-refractivity contribution in [3.8, 4) is 0 Å². The highest BCUT2D eigenvalue weighted by molar-refractivity contribution is 6.30. The quantitative estimate of drug-likeness (QED) is 0.888.